The molecule has 2 aromatic carbocycles. The summed E-state index contributed by atoms with van der Waals surface area (Å²) >= 11 is 0. The summed E-state index contributed by atoms with van der Waals surface area (Å²) in [6.45, 7) is 8.85. The minimum atomic E-state index is -0.149. The number of carbonyl (C=O) groups excluding carboxylic acids is 1. The maximum absolute atomic E-state index is 13.2. The Morgan fingerprint density at radius 3 is 2.37 bits per heavy atom. The molecule has 1 fully saturated rings. The molecule has 1 amide bonds. The molecule has 7 nitrogen and oxygen atoms in total. The second-order valence-electron chi connectivity index (χ2n) is 9.94. The first kappa shape index (κ1) is 22.8. The fourth-order valence-corrected chi connectivity index (χ4v) is 4.39. The monoisotopic (exact) mass is 467 g/mol. The van der Waals surface area contributed by atoms with Crippen LogP contribution in [0.2, 0.25) is 0 Å². The van der Waals surface area contributed by atoms with Crippen LogP contribution in [0.15, 0.2) is 71.7 Å². The summed E-state index contributed by atoms with van der Waals surface area (Å²) in [5.41, 5.74) is 4.26. The second-order valence-corrected chi connectivity index (χ2v) is 9.94. The van der Waals surface area contributed by atoms with E-state index in [1.807, 2.05) is 34.1 Å². The fraction of sp³-hybridized carbons (Fsp3) is 0.286. The number of piperazine rings is 1. The molecule has 0 radical (unpaired) electrons. The van der Waals surface area contributed by atoms with Gasteiger partial charge in [-0.3, -0.25) is 19.6 Å². The van der Waals surface area contributed by atoms with Crippen molar-refractivity contribution in [2.75, 3.05) is 31.1 Å². The van der Waals surface area contributed by atoms with Gasteiger partial charge >= 0.3 is 0 Å². The van der Waals surface area contributed by atoms with Gasteiger partial charge in [-0.2, -0.15) is 0 Å². The van der Waals surface area contributed by atoms with Gasteiger partial charge in [0.25, 0.3) is 11.5 Å². The van der Waals surface area contributed by atoms with Crippen LogP contribution in [0.4, 0.5) is 5.95 Å². The Labute approximate surface area is 204 Å². The van der Waals surface area contributed by atoms with Gasteiger partial charge in [0, 0.05) is 43.5 Å². The van der Waals surface area contributed by atoms with Crippen LogP contribution in [0, 0.1) is 0 Å². The number of carbonyl (C=O) groups is 1. The Hall–Kier alpha value is -4.00. The van der Waals surface area contributed by atoms with Crippen molar-refractivity contribution in [1.29, 1.82) is 0 Å². The van der Waals surface area contributed by atoms with Gasteiger partial charge < -0.3 is 9.80 Å². The first-order valence-electron chi connectivity index (χ1n) is 11.9. The van der Waals surface area contributed by atoms with E-state index in [0.717, 1.165) is 11.3 Å². The lowest BCUT2D eigenvalue weighted by molar-refractivity contribution is 0.0746. The van der Waals surface area contributed by atoms with Crippen LogP contribution in [-0.2, 0) is 5.41 Å². The van der Waals surface area contributed by atoms with E-state index in [1.165, 1.54) is 5.56 Å². The van der Waals surface area contributed by atoms with Crippen molar-refractivity contribution < 1.29 is 4.79 Å². The number of nitrogens with one attached hydrogen (secondary N) is 1. The lowest BCUT2D eigenvalue weighted by Gasteiger charge is -2.35. The molecule has 1 N–H and O–H groups in total. The predicted octanol–water partition coefficient (Wildman–Crippen LogP) is 4.25. The third kappa shape index (κ3) is 4.67. The Kier molecular flexibility index (Phi) is 5.84. The van der Waals surface area contributed by atoms with Crippen molar-refractivity contribution in [2.24, 2.45) is 0 Å². The van der Waals surface area contributed by atoms with Crippen LogP contribution in [0.25, 0.3) is 22.2 Å². The second kappa shape index (κ2) is 8.98. The third-order valence-electron chi connectivity index (χ3n) is 6.52. The summed E-state index contributed by atoms with van der Waals surface area (Å²) < 4.78 is 0. The third-order valence-corrected chi connectivity index (χ3v) is 6.52. The molecule has 0 bridgehead atoms. The molecule has 2 aromatic heterocycles. The zero-order valence-electron chi connectivity index (χ0n) is 20.3. The molecule has 7 heteroatoms. The van der Waals surface area contributed by atoms with Gasteiger partial charge in [0.2, 0.25) is 5.95 Å². The number of anilines is 1. The van der Waals surface area contributed by atoms with Gasteiger partial charge in [-0.05, 0) is 35.2 Å². The minimum absolute atomic E-state index is 0.0143. The quantitative estimate of drug-likeness (QED) is 0.487. The molecule has 35 heavy (non-hydrogen) atoms. The number of pyridine rings is 1. The van der Waals surface area contributed by atoms with Crippen LogP contribution < -0.4 is 10.5 Å². The van der Waals surface area contributed by atoms with Crippen molar-refractivity contribution in [3.8, 4) is 11.3 Å². The summed E-state index contributed by atoms with van der Waals surface area (Å²) in [5, 5.41) is 0.576. The number of benzene rings is 2. The van der Waals surface area contributed by atoms with E-state index in [2.05, 4.69) is 60.0 Å². The predicted molar refractivity (Wildman–Crippen MR) is 139 cm³/mol. The Morgan fingerprint density at radius 1 is 0.943 bits per heavy atom. The summed E-state index contributed by atoms with van der Waals surface area (Å²) in [4.78, 5) is 41.5. The highest BCUT2D eigenvalue weighted by Crippen LogP contribution is 2.26. The van der Waals surface area contributed by atoms with E-state index in [9.17, 15) is 9.59 Å². The van der Waals surface area contributed by atoms with E-state index < -0.39 is 0 Å². The van der Waals surface area contributed by atoms with Crippen LogP contribution >= 0.6 is 0 Å². The average molecular weight is 468 g/mol. The van der Waals surface area contributed by atoms with Gasteiger partial charge in [-0.1, -0.05) is 57.2 Å². The van der Waals surface area contributed by atoms with Crippen LogP contribution in [0.5, 0.6) is 0 Å². The lowest BCUT2D eigenvalue weighted by Crippen LogP contribution is -2.49. The highest BCUT2D eigenvalue weighted by molar-refractivity contribution is 5.95. The molecule has 0 saturated carbocycles. The molecule has 0 aliphatic carbocycles. The molecule has 0 atom stereocenters. The fourth-order valence-electron chi connectivity index (χ4n) is 4.39. The topological polar surface area (TPSA) is 82.2 Å². The van der Waals surface area contributed by atoms with Crippen molar-refractivity contribution in [2.45, 2.75) is 26.2 Å². The molecule has 1 aliphatic rings. The van der Waals surface area contributed by atoms with Gasteiger partial charge in [-0.25, -0.2) is 4.98 Å². The molecule has 0 unspecified atom stereocenters. The number of amides is 1. The normalized spacial score (nSPS) is 14.4. The van der Waals surface area contributed by atoms with Crippen LogP contribution in [0.3, 0.4) is 0 Å². The number of fused-ring (bicyclic) bond motifs is 1. The molecular weight excluding hydrogens is 438 g/mol. The van der Waals surface area contributed by atoms with Crippen molar-refractivity contribution >= 4 is 22.8 Å². The number of rotatable bonds is 3. The van der Waals surface area contributed by atoms with E-state index in [1.54, 1.807) is 18.3 Å². The van der Waals surface area contributed by atoms with Crippen molar-refractivity contribution in [1.82, 2.24) is 19.9 Å². The molecular formula is C28H29N5O2. The van der Waals surface area contributed by atoms with Gasteiger partial charge in [-0.15, -0.1) is 0 Å². The number of nitrogens with zero attached hydrogens (tertiary/aromatic N) is 4. The maximum Gasteiger partial charge on any atom is 0.260 e. The van der Waals surface area contributed by atoms with Gasteiger partial charge in [0.05, 0.1) is 16.6 Å². The lowest BCUT2D eigenvalue weighted by atomic mass is 9.86. The minimum Gasteiger partial charge on any atom is -0.339 e. The SMILES string of the molecule is CC(C)(C)c1ccc(-c2cc(C(=O)N3CCN(c4nc5ccccc5c(=O)[nH]4)CC3)ccn2)cc1. The van der Waals surface area contributed by atoms with Crippen molar-refractivity contribution in [3.05, 3.63) is 88.3 Å². The summed E-state index contributed by atoms with van der Waals surface area (Å²) in [6.07, 6.45) is 1.69. The first-order valence-corrected chi connectivity index (χ1v) is 11.9. The molecule has 178 valence electrons. The van der Waals surface area contributed by atoms with Crippen molar-refractivity contribution in [3.63, 3.8) is 0 Å². The smallest absolute Gasteiger partial charge is 0.260 e. The highest BCUT2D eigenvalue weighted by Gasteiger charge is 2.24. The van der Waals surface area contributed by atoms with E-state index in [0.29, 0.717) is 48.6 Å². The van der Waals surface area contributed by atoms with E-state index in [-0.39, 0.29) is 16.9 Å². The Bertz CT molecular complexity index is 1430. The number of para-hydroxylation sites is 1. The van der Waals surface area contributed by atoms with Gasteiger partial charge in [0.1, 0.15) is 0 Å². The zero-order chi connectivity index (χ0) is 24.6. The summed E-state index contributed by atoms with van der Waals surface area (Å²) in [5.74, 6) is 0.533. The summed E-state index contributed by atoms with van der Waals surface area (Å²) in [6, 6.07) is 19.3. The maximum atomic E-state index is 13.2. The number of H-pyrrole nitrogens is 1. The number of hydrogen-bond donors (Lipinski definition) is 1. The largest absolute Gasteiger partial charge is 0.339 e. The number of aromatic nitrogens is 3. The molecule has 5 rings (SSSR count). The molecule has 1 aliphatic heterocycles. The van der Waals surface area contributed by atoms with E-state index in [4.69, 9.17) is 0 Å². The Morgan fingerprint density at radius 2 is 1.66 bits per heavy atom. The zero-order valence-corrected chi connectivity index (χ0v) is 20.3. The molecule has 1 saturated heterocycles. The highest BCUT2D eigenvalue weighted by atomic mass is 16.2. The number of aromatic amines is 1. The molecule has 4 aromatic rings. The molecule has 0 spiro atoms. The number of hydrogen-bond acceptors (Lipinski definition) is 5. The average Bonchev–Trinajstić information content (AvgIpc) is 2.88. The molecule has 3 heterocycles. The van der Waals surface area contributed by atoms with Crippen LogP contribution in [0.1, 0.15) is 36.7 Å². The van der Waals surface area contributed by atoms with E-state index >= 15 is 0 Å². The van der Waals surface area contributed by atoms with Gasteiger partial charge in [0.15, 0.2) is 0 Å². The standard InChI is InChI=1S/C28H29N5O2/c1-28(2,3)21-10-8-19(9-11-21)24-18-20(12-13-29-24)26(35)32-14-16-33(17-15-32)27-30-23-7-5-4-6-22(23)25(34)31-27/h4-13,18H,14-17H2,1-3H3,(H,30,31,34). The van der Waals surface area contributed by atoms with Crippen LogP contribution in [-0.4, -0.2) is 51.9 Å². The summed E-state index contributed by atoms with van der Waals surface area (Å²) in [7, 11) is 0. The Balaban J connectivity index is 1.29. The first-order chi connectivity index (χ1) is 16.8.